The topological polar surface area (TPSA) is 60.2 Å². The van der Waals surface area contributed by atoms with Gasteiger partial charge in [0.15, 0.2) is 0 Å². The van der Waals surface area contributed by atoms with Gasteiger partial charge in [0.25, 0.3) is 0 Å². The van der Waals surface area contributed by atoms with Crippen LogP contribution in [0.3, 0.4) is 0 Å². The first-order chi connectivity index (χ1) is 9.41. The third-order valence-electron chi connectivity index (χ3n) is 3.78. The van der Waals surface area contributed by atoms with Gasteiger partial charge in [-0.2, -0.15) is 4.98 Å². The van der Waals surface area contributed by atoms with E-state index in [9.17, 15) is 0 Å². The second kappa shape index (κ2) is 6.22. The lowest BCUT2D eigenvalue weighted by Gasteiger charge is -2.27. The smallest absolute Gasteiger partial charge is 0.229 e. The summed E-state index contributed by atoms with van der Waals surface area (Å²) < 4.78 is 11.3. The van der Waals surface area contributed by atoms with Crippen molar-refractivity contribution in [3.8, 4) is 0 Å². The molecule has 0 aromatic carbocycles. The van der Waals surface area contributed by atoms with Crippen molar-refractivity contribution in [2.45, 2.75) is 65.5 Å². The maximum absolute atomic E-state index is 5.82. The van der Waals surface area contributed by atoms with Crippen molar-refractivity contribution in [3.05, 3.63) is 11.7 Å². The van der Waals surface area contributed by atoms with Crippen molar-refractivity contribution < 1.29 is 9.26 Å². The molecule has 1 saturated heterocycles. The van der Waals surface area contributed by atoms with Gasteiger partial charge >= 0.3 is 0 Å². The van der Waals surface area contributed by atoms with Gasteiger partial charge in [0, 0.05) is 18.6 Å². The van der Waals surface area contributed by atoms with Crippen LogP contribution in [0.25, 0.3) is 0 Å². The van der Waals surface area contributed by atoms with Crippen LogP contribution >= 0.6 is 0 Å². The van der Waals surface area contributed by atoms with Crippen LogP contribution in [-0.2, 0) is 4.74 Å². The molecule has 1 fully saturated rings. The van der Waals surface area contributed by atoms with Crippen LogP contribution in [0, 0.1) is 5.41 Å². The van der Waals surface area contributed by atoms with E-state index in [-0.39, 0.29) is 11.5 Å². The summed E-state index contributed by atoms with van der Waals surface area (Å²) in [5.41, 5.74) is -0.0431. The van der Waals surface area contributed by atoms with E-state index in [2.05, 4.69) is 43.2 Å². The summed E-state index contributed by atoms with van der Waals surface area (Å²) in [5, 5.41) is 7.61. The summed E-state index contributed by atoms with van der Waals surface area (Å²) in [6, 6.07) is 0.509. The molecule has 1 aromatic rings. The molecule has 0 saturated carbocycles. The molecule has 5 nitrogen and oxygen atoms in total. The van der Waals surface area contributed by atoms with E-state index in [1.807, 2.05) is 6.92 Å². The fraction of sp³-hybridized carbons (Fsp3) is 0.867. The van der Waals surface area contributed by atoms with E-state index in [0.717, 1.165) is 25.3 Å². The van der Waals surface area contributed by atoms with Gasteiger partial charge in [-0.3, -0.25) is 0 Å². The number of rotatable bonds is 4. The molecule has 1 aromatic heterocycles. The summed E-state index contributed by atoms with van der Waals surface area (Å²) in [5.74, 6) is 1.82. The Labute approximate surface area is 121 Å². The fourth-order valence-corrected chi connectivity index (χ4v) is 2.75. The number of nitrogens with one attached hydrogen (secondary N) is 1. The highest BCUT2D eigenvalue weighted by molar-refractivity contribution is 5.01. The van der Waals surface area contributed by atoms with Crippen LogP contribution in [0.5, 0.6) is 0 Å². The van der Waals surface area contributed by atoms with Gasteiger partial charge in [-0.1, -0.05) is 25.9 Å². The quantitative estimate of drug-likeness (QED) is 0.919. The minimum Gasteiger partial charge on any atom is -0.370 e. The molecule has 1 N–H and O–H groups in total. The largest absolute Gasteiger partial charge is 0.370 e. The van der Waals surface area contributed by atoms with E-state index in [1.165, 1.54) is 0 Å². The molecule has 3 atom stereocenters. The Kier molecular flexibility index (Phi) is 4.81. The highest BCUT2D eigenvalue weighted by Gasteiger charge is 2.33. The molecular weight excluding hydrogens is 254 g/mol. The molecule has 1 aliphatic rings. The highest BCUT2D eigenvalue weighted by Crippen LogP contribution is 2.35. The number of ether oxygens (including phenoxy) is 1. The second-order valence-corrected chi connectivity index (χ2v) is 6.77. The van der Waals surface area contributed by atoms with Gasteiger partial charge in [0.05, 0.1) is 0 Å². The average Bonchev–Trinajstić information content (AvgIpc) is 2.83. The number of hydrogen-bond acceptors (Lipinski definition) is 5. The predicted octanol–water partition coefficient (Wildman–Crippen LogP) is 3.05. The Morgan fingerprint density at radius 3 is 2.80 bits per heavy atom. The molecule has 2 rings (SSSR count). The average molecular weight is 281 g/mol. The van der Waals surface area contributed by atoms with Crippen LogP contribution in [-0.4, -0.2) is 29.3 Å². The number of aromatic nitrogens is 2. The molecule has 0 amide bonds. The summed E-state index contributed by atoms with van der Waals surface area (Å²) in [6.45, 7) is 12.3. The van der Waals surface area contributed by atoms with Crippen molar-refractivity contribution in [2.24, 2.45) is 5.41 Å². The monoisotopic (exact) mass is 281 g/mol. The van der Waals surface area contributed by atoms with Crippen LogP contribution in [0.2, 0.25) is 0 Å². The lowest BCUT2D eigenvalue weighted by molar-refractivity contribution is -0.0203. The van der Waals surface area contributed by atoms with Crippen molar-refractivity contribution in [1.29, 1.82) is 0 Å². The molecule has 0 radical (unpaired) electrons. The molecule has 20 heavy (non-hydrogen) atoms. The van der Waals surface area contributed by atoms with Crippen LogP contribution in [0.15, 0.2) is 4.52 Å². The van der Waals surface area contributed by atoms with Gasteiger partial charge in [0.2, 0.25) is 11.7 Å². The molecule has 114 valence electrons. The SMILES string of the molecule is CCOC(c1noc(C2CCNC(C)C2)n1)C(C)(C)C. The Balaban J connectivity index is 2.14. The number of piperidine rings is 1. The zero-order chi connectivity index (χ0) is 14.8. The number of hydrogen-bond donors (Lipinski definition) is 1. The molecule has 5 heteroatoms. The third kappa shape index (κ3) is 3.58. The Morgan fingerprint density at radius 1 is 1.45 bits per heavy atom. The minimum atomic E-state index is -0.121. The molecule has 0 spiro atoms. The van der Waals surface area contributed by atoms with E-state index in [4.69, 9.17) is 9.26 Å². The van der Waals surface area contributed by atoms with Crippen molar-refractivity contribution in [2.75, 3.05) is 13.2 Å². The first-order valence-corrected chi connectivity index (χ1v) is 7.60. The number of nitrogens with zero attached hydrogens (tertiary/aromatic N) is 2. The van der Waals surface area contributed by atoms with Gasteiger partial charge in [-0.05, 0) is 38.6 Å². The zero-order valence-corrected chi connectivity index (χ0v) is 13.3. The van der Waals surface area contributed by atoms with Crippen LogP contribution in [0.4, 0.5) is 0 Å². The highest BCUT2D eigenvalue weighted by atomic mass is 16.5. The van der Waals surface area contributed by atoms with Gasteiger partial charge in [-0.25, -0.2) is 0 Å². The standard InChI is InChI=1S/C15H27N3O2/c1-6-19-12(15(3,4)5)13-17-14(20-18-13)11-7-8-16-10(2)9-11/h10-12,16H,6-9H2,1-5H3. The first kappa shape index (κ1) is 15.4. The molecule has 0 bridgehead atoms. The van der Waals surface area contributed by atoms with Gasteiger partial charge in [-0.15, -0.1) is 0 Å². The second-order valence-electron chi connectivity index (χ2n) is 6.77. The van der Waals surface area contributed by atoms with E-state index in [1.54, 1.807) is 0 Å². The Hall–Kier alpha value is -0.940. The molecule has 1 aliphatic heterocycles. The summed E-state index contributed by atoms with van der Waals surface area (Å²) in [6.07, 6.45) is 1.99. The maximum atomic E-state index is 5.82. The predicted molar refractivity (Wildman–Crippen MR) is 77.6 cm³/mol. The van der Waals surface area contributed by atoms with Gasteiger partial charge < -0.3 is 14.6 Å². The summed E-state index contributed by atoms with van der Waals surface area (Å²) >= 11 is 0. The third-order valence-corrected chi connectivity index (χ3v) is 3.78. The molecule has 3 unspecified atom stereocenters. The van der Waals surface area contributed by atoms with Crippen molar-refractivity contribution in [1.82, 2.24) is 15.5 Å². The Bertz CT molecular complexity index is 425. The Morgan fingerprint density at radius 2 is 2.20 bits per heavy atom. The zero-order valence-electron chi connectivity index (χ0n) is 13.3. The summed E-state index contributed by atoms with van der Waals surface area (Å²) in [7, 11) is 0. The van der Waals surface area contributed by atoms with E-state index in [0.29, 0.717) is 24.4 Å². The lowest BCUT2D eigenvalue weighted by Crippen LogP contribution is -2.35. The normalized spacial score (nSPS) is 25.6. The first-order valence-electron chi connectivity index (χ1n) is 7.60. The van der Waals surface area contributed by atoms with Crippen LogP contribution < -0.4 is 5.32 Å². The fourth-order valence-electron chi connectivity index (χ4n) is 2.75. The summed E-state index contributed by atoms with van der Waals surface area (Å²) in [4.78, 5) is 4.62. The van der Waals surface area contributed by atoms with Gasteiger partial charge in [0.1, 0.15) is 6.10 Å². The van der Waals surface area contributed by atoms with Crippen molar-refractivity contribution in [3.63, 3.8) is 0 Å². The van der Waals surface area contributed by atoms with E-state index < -0.39 is 0 Å². The van der Waals surface area contributed by atoms with E-state index >= 15 is 0 Å². The molecular formula is C15H27N3O2. The minimum absolute atomic E-state index is 0.0431. The van der Waals surface area contributed by atoms with Crippen molar-refractivity contribution >= 4 is 0 Å². The van der Waals surface area contributed by atoms with Crippen LogP contribution in [0.1, 0.15) is 71.2 Å². The molecule has 2 heterocycles. The molecule has 0 aliphatic carbocycles. The lowest BCUT2D eigenvalue weighted by atomic mass is 9.88. The maximum Gasteiger partial charge on any atom is 0.229 e.